The molecule has 0 atom stereocenters. The van der Waals surface area contributed by atoms with Crippen LogP contribution in [0.1, 0.15) is 21.5 Å². The number of hydrogen-bond donors (Lipinski definition) is 2. The van der Waals surface area contributed by atoms with E-state index in [9.17, 15) is 14.3 Å². The predicted molar refractivity (Wildman–Crippen MR) is 77.4 cm³/mol. The average molecular weight is 286 g/mol. The first-order valence-electron chi connectivity index (χ1n) is 6.69. The molecule has 0 saturated heterocycles. The molecule has 0 radical (unpaired) electrons. The van der Waals surface area contributed by atoms with Crippen molar-refractivity contribution < 1.29 is 14.3 Å². The van der Waals surface area contributed by atoms with Crippen molar-refractivity contribution in [3.63, 3.8) is 0 Å². The molecule has 2 aromatic carbocycles. The van der Waals surface area contributed by atoms with Gasteiger partial charge in [0.25, 0.3) is 5.91 Å². The highest BCUT2D eigenvalue weighted by molar-refractivity contribution is 5.99. The van der Waals surface area contributed by atoms with Gasteiger partial charge in [0, 0.05) is 18.8 Å². The summed E-state index contributed by atoms with van der Waals surface area (Å²) in [6.07, 6.45) is 0.705. The molecule has 1 aliphatic heterocycles. The minimum atomic E-state index is -0.484. The van der Waals surface area contributed by atoms with Crippen molar-refractivity contribution in [2.24, 2.45) is 0 Å². The van der Waals surface area contributed by atoms with E-state index in [2.05, 4.69) is 0 Å². The second-order valence-electron chi connectivity index (χ2n) is 5.16. The Morgan fingerprint density at radius 1 is 1.19 bits per heavy atom. The maximum atomic E-state index is 13.3. The third kappa shape index (κ3) is 2.54. The summed E-state index contributed by atoms with van der Waals surface area (Å²) in [7, 11) is 0. The molecule has 1 amide bonds. The Kier molecular flexibility index (Phi) is 3.25. The van der Waals surface area contributed by atoms with Gasteiger partial charge in [-0.15, -0.1) is 0 Å². The predicted octanol–water partition coefficient (Wildman–Crippen LogP) is 2.31. The van der Waals surface area contributed by atoms with Gasteiger partial charge in [0.1, 0.15) is 11.6 Å². The van der Waals surface area contributed by atoms with Crippen LogP contribution in [0.4, 0.5) is 10.1 Å². The molecule has 3 N–H and O–H groups in total. The van der Waals surface area contributed by atoms with Crippen molar-refractivity contribution in [3.8, 4) is 5.75 Å². The number of anilines is 1. The maximum absolute atomic E-state index is 13.3. The molecule has 0 unspecified atom stereocenters. The zero-order valence-corrected chi connectivity index (χ0v) is 11.3. The highest BCUT2D eigenvalue weighted by atomic mass is 19.1. The zero-order chi connectivity index (χ0) is 15.0. The molecule has 0 aromatic heterocycles. The minimum absolute atomic E-state index is 0.174. The summed E-state index contributed by atoms with van der Waals surface area (Å²) in [4.78, 5) is 14.1. The number of halogens is 1. The Hall–Kier alpha value is -2.56. The molecule has 0 spiro atoms. The number of carbonyl (C=O) groups is 1. The van der Waals surface area contributed by atoms with E-state index in [1.54, 1.807) is 17.0 Å². The normalized spacial score (nSPS) is 13.9. The Morgan fingerprint density at radius 3 is 2.81 bits per heavy atom. The molecule has 0 fully saturated rings. The number of hydrogen-bond acceptors (Lipinski definition) is 3. The number of phenols is 1. The first kappa shape index (κ1) is 13.4. The Morgan fingerprint density at radius 2 is 2.00 bits per heavy atom. The van der Waals surface area contributed by atoms with E-state index in [1.807, 2.05) is 6.07 Å². The largest absolute Gasteiger partial charge is 0.508 e. The molecule has 3 rings (SSSR count). The van der Waals surface area contributed by atoms with Crippen LogP contribution in [0.25, 0.3) is 0 Å². The van der Waals surface area contributed by atoms with E-state index in [0.29, 0.717) is 19.5 Å². The standard InChI is InChI=1S/C16H15FN2O2/c17-12-2-4-15(18)14(8-12)16(21)19-6-5-10-1-3-13(20)7-11(10)9-19/h1-4,7-8,20H,5-6,9,18H2. The molecular weight excluding hydrogens is 271 g/mol. The number of nitrogens with zero attached hydrogens (tertiary/aromatic N) is 1. The third-order valence-electron chi connectivity index (χ3n) is 3.74. The van der Waals surface area contributed by atoms with Crippen LogP contribution in [-0.4, -0.2) is 22.5 Å². The molecule has 2 aromatic rings. The highest BCUT2D eigenvalue weighted by Gasteiger charge is 2.23. The Balaban J connectivity index is 1.88. The van der Waals surface area contributed by atoms with Crippen molar-refractivity contribution in [1.29, 1.82) is 0 Å². The SMILES string of the molecule is Nc1ccc(F)cc1C(=O)N1CCc2ccc(O)cc2C1. The molecule has 0 aliphatic carbocycles. The van der Waals surface area contributed by atoms with E-state index < -0.39 is 5.82 Å². The van der Waals surface area contributed by atoms with Crippen molar-refractivity contribution in [2.45, 2.75) is 13.0 Å². The van der Waals surface area contributed by atoms with Gasteiger partial charge >= 0.3 is 0 Å². The number of benzene rings is 2. The topological polar surface area (TPSA) is 66.6 Å². The van der Waals surface area contributed by atoms with E-state index in [1.165, 1.54) is 12.1 Å². The summed E-state index contributed by atoms with van der Waals surface area (Å²) in [6.45, 7) is 0.936. The summed E-state index contributed by atoms with van der Waals surface area (Å²) in [5.41, 5.74) is 8.23. The Labute approximate surface area is 121 Å². The second kappa shape index (κ2) is 5.09. The van der Waals surface area contributed by atoms with E-state index in [0.717, 1.165) is 17.2 Å². The van der Waals surface area contributed by atoms with Crippen LogP contribution in [0.5, 0.6) is 5.75 Å². The van der Waals surface area contributed by atoms with E-state index in [4.69, 9.17) is 5.73 Å². The van der Waals surface area contributed by atoms with Gasteiger partial charge in [-0.25, -0.2) is 4.39 Å². The van der Waals surface area contributed by atoms with E-state index >= 15 is 0 Å². The van der Waals surface area contributed by atoms with Crippen LogP contribution in [0, 0.1) is 5.82 Å². The lowest BCUT2D eigenvalue weighted by Crippen LogP contribution is -2.36. The van der Waals surface area contributed by atoms with Crippen molar-refractivity contribution >= 4 is 11.6 Å². The quantitative estimate of drug-likeness (QED) is 0.791. The van der Waals surface area contributed by atoms with E-state index in [-0.39, 0.29) is 22.9 Å². The lowest BCUT2D eigenvalue weighted by Gasteiger charge is -2.29. The van der Waals surface area contributed by atoms with Crippen molar-refractivity contribution in [1.82, 2.24) is 4.90 Å². The summed E-state index contributed by atoms with van der Waals surface area (Å²) in [5, 5.41) is 9.54. The number of fused-ring (bicyclic) bond motifs is 1. The monoisotopic (exact) mass is 286 g/mol. The van der Waals surface area contributed by atoms with Gasteiger partial charge in [-0.05, 0) is 47.9 Å². The fourth-order valence-electron chi connectivity index (χ4n) is 2.60. The first-order chi connectivity index (χ1) is 10.0. The van der Waals surface area contributed by atoms with Crippen LogP contribution in [0.15, 0.2) is 36.4 Å². The van der Waals surface area contributed by atoms with Crippen LogP contribution in [0.3, 0.4) is 0 Å². The van der Waals surface area contributed by atoms with Gasteiger partial charge in [-0.3, -0.25) is 4.79 Å². The number of aromatic hydroxyl groups is 1. The van der Waals surface area contributed by atoms with Gasteiger partial charge in [0.05, 0.1) is 5.56 Å². The van der Waals surface area contributed by atoms with Gasteiger partial charge in [0.2, 0.25) is 0 Å². The molecule has 4 nitrogen and oxygen atoms in total. The lowest BCUT2D eigenvalue weighted by atomic mass is 9.98. The summed E-state index contributed by atoms with van der Waals surface area (Å²) in [6, 6.07) is 8.95. The van der Waals surface area contributed by atoms with Crippen LogP contribution < -0.4 is 5.73 Å². The molecule has 1 heterocycles. The summed E-state index contributed by atoms with van der Waals surface area (Å²) in [5.74, 6) is -0.600. The van der Waals surface area contributed by atoms with Gasteiger partial charge < -0.3 is 15.7 Å². The summed E-state index contributed by atoms with van der Waals surface area (Å²) >= 11 is 0. The second-order valence-corrected chi connectivity index (χ2v) is 5.16. The van der Waals surface area contributed by atoms with Crippen molar-refractivity contribution in [3.05, 3.63) is 58.9 Å². The smallest absolute Gasteiger partial charge is 0.256 e. The fraction of sp³-hybridized carbons (Fsp3) is 0.188. The average Bonchev–Trinajstić information content (AvgIpc) is 2.48. The minimum Gasteiger partial charge on any atom is -0.508 e. The van der Waals surface area contributed by atoms with Gasteiger partial charge in [-0.1, -0.05) is 6.07 Å². The highest BCUT2D eigenvalue weighted by Crippen LogP contribution is 2.25. The number of nitrogen functional groups attached to an aromatic ring is 1. The lowest BCUT2D eigenvalue weighted by molar-refractivity contribution is 0.0735. The van der Waals surface area contributed by atoms with Crippen molar-refractivity contribution in [2.75, 3.05) is 12.3 Å². The molecule has 108 valence electrons. The molecule has 1 aliphatic rings. The third-order valence-corrected chi connectivity index (χ3v) is 3.74. The zero-order valence-electron chi connectivity index (χ0n) is 11.3. The number of carbonyl (C=O) groups excluding carboxylic acids is 1. The number of phenolic OH excluding ortho intramolecular Hbond substituents is 1. The molecular formula is C16H15FN2O2. The maximum Gasteiger partial charge on any atom is 0.256 e. The molecule has 5 heteroatoms. The van der Waals surface area contributed by atoms with Crippen LogP contribution in [0.2, 0.25) is 0 Å². The van der Waals surface area contributed by atoms with Gasteiger partial charge in [-0.2, -0.15) is 0 Å². The molecule has 0 saturated carbocycles. The van der Waals surface area contributed by atoms with Crippen LogP contribution >= 0.6 is 0 Å². The first-order valence-corrected chi connectivity index (χ1v) is 6.69. The number of rotatable bonds is 1. The molecule has 0 bridgehead atoms. The number of amides is 1. The summed E-state index contributed by atoms with van der Waals surface area (Å²) < 4.78 is 13.3. The van der Waals surface area contributed by atoms with Crippen LogP contribution in [-0.2, 0) is 13.0 Å². The number of nitrogens with two attached hydrogens (primary N) is 1. The Bertz CT molecular complexity index is 715. The molecule has 21 heavy (non-hydrogen) atoms. The van der Waals surface area contributed by atoms with Gasteiger partial charge in [0.15, 0.2) is 0 Å². The fourth-order valence-corrected chi connectivity index (χ4v) is 2.60.